The van der Waals surface area contributed by atoms with Crippen LogP contribution in [0.3, 0.4) is 0 Å². The van der Waals surface area contributed by atoms with Gasteiger partial charge in [0.15, 0.2) is 11.5 Å². The van der Waals surface area contributed by atoms with Crippen LogP contribution < -0.4 is 14.5 Å². The van der Waals surface area contributed by atoms with Gasteiger partial charge < -0.3 is 19.8 Å². The van der Waals surface area contributed by atoms with Crippen LogP contribution in [0.15, 0.2) is 72.3 Å². The third-order valence-electron chi connectivity index (χ3n) is 5.81. The normalized spacial score (nSPS) is 17.0. The molecular weight excluding hydrogens is 451 g/mol. The summed E-state index contributed by atoms with van der Waals surface area (Å²) in [5, 5.41) is 21.3. The minimum atomic E-state index is -1.01. The Morgan fingerprint density at radius 2 is 1.69 bits per heavy atom. The Kier molecular flexibility index (Phi) is 6.46. The van der Waals surface area contributed by atoms with Crippen LogP contribution in [0.5, 0.6) is 11.5 Å². The number of aliphatic hydroxyl groups is 1. The second-order valence-corrected chi connectivity index (χ2v) is 8.25. The van der Waals surface area contributed by atoms with Crippen molar-refractivity contribution in [2.24, 2.45) is 0 Å². The maximum atomic E-state index is 13.5. The molecule has 7 nitrogen and oxygen atoms in total. The molecule has 180 valence electrons. The number of halogens is 1. The molecule has 1 heterocycles. The minimum absolute atomic E-state index is 0.0959. The molecule has 0 aliphatic carbocycles. The van der Waals surface area contributed by atoms with Crippen molar-refractivity contribution in [2.75, 3.05) is 30.5 Å². The summed E-state index contributed by atoms with van der Waals surface area (Å²) in [5.74, 6) is -2.53. The molecule has 2 N–H and O–H groups in total. The Balaban J connectivity index is 1.93. The van der Waals surface area contributed by atoms with Gasteiger partial charge in [-0.15, -0.1) is 0 Å². The van der Waals surface area contributed by atoms with Crippen molar-refractivity contribution in [1.29, 1.82) is 0 Å². The Morgan fingerprint density at radius 1 is 1.03 bits per heavy atom. The van der Waals surface area contributed by atoms with Crippen molar-refractivity contribution in [1.82, 2.24) is 0 Å². The van der Waals surface area contributed by atoms with Crippen molar-refractivity contribution in [3.8, 4) is 11.5 Å². The van der Waals surface area contributed by atoms with E-state index in [1.807, 2.05) is 31.1 Å². The summed E-state index contributed by atoms with van der Waals surface area (Å²) >= 11 is 0. The lowest BCUT2D eigenvalue weighted by Crippen LogP contribution is -2.29. The highest BCUT2D eigenvalue weighted by Crippen LogP contribution is 2.44. The van der Waals surface area contributed by atoms with E-state index in [1.165, 1.54) is 29.2 Å². The summed E-state index contributed by atoms with van der Waals surface area (Å²) in [6.07, 6.45) is 0. The average Bonchev–Trinajstić information content (AvgIpc) is 3.11. The molecule has 1 atom stereocenters. The maximum absolute atomic E-state index is 13.5. The highest BCUT2D eigenvalue weighted by Gasteiger charge is 2.47. The number of ether oxygens (including phenoxy) is 1. The smallest absolute Gasteiger partial charge is 0.300 e. The van der Waals surface area contributed by atoms with E-state index in [2.05, 4.69) is 0 Å². The number of amides is 1. The lowest BCUT2D eigenvalue weighted by atomic mass is 9.94. The van der Waals surface area contributed by atoms with Gasteiger partial charge in [-0.3, -0.25) is 14.5 Å². The number of phenols is 1. The third kappa shape index (κ3) is 4.42. The second-order valence-electron chi connectivity index (χ2n) is 8.25. The molecule has 35 heavy (non-hydrogen) atoms. The van der Waals surface area contributed by atoms with E-state index >= 15 is 0 Å². The zero-order valence-corrected chi connectivity index (χ0v) is 19.5. The second kappa shape index (κ2) is 9.50. The number of aromatic hydroxyl groups is 1. The number of ketones is 1. The Morgan fingerprint density at radius 3 is 2.29 bits per heavy atom. The van der Waals surface area contributed by atoms with Crippen molar-refractivity contribution in [3.63, 3.8) is 0 Å². The number of aliphatic hydroxyl groups excluding tert-OH is 1. The van der Waals surface area contributed by atoms with Crippen LogP contribution in [0, 0.1) is 5.82 Å². The number of Topliss-reactive ketones (excluding diaryl/α,β-unsaturated/α-hetero) is 1. The predicted molar refractivity (Wildman–Crippen MR) is 131 cm³/mol. The average molecular weight is 477 g/mol. The first-order chi connectivity index (χ1) is 16.7. The Labute approximate surface area is 202 Å². The number of nitrogens with zero attached hydrogens (tertiary/aromatic N) is 2. The Bertz CT molecular complexity index is 1300. The summed E-state index contributed by atoms with van der Waals surface area (Å²) in [4.78, 5) is 29.7. The van der Waals surface area contributed by atoms with E-state index in [-0.39, 0.29) is 22.6 Å². The molecule has 1 saturated heterocycles. The predicted octanol–water partition coefficient (Wildman–Crippen LogP) is 4.62. The first-order valence-electron chi connectivity index (χ1n) is 11.0. The number of anilines is 2. The lowest BCUT2D eigenvalue weighted by Gasteiger charge is -2.26. The third-order valence-corrected chi connectivity index (χ3v) is 5.81. The maximum Gasteiger partial charge on any atom is 0.300 e. The van der Waals surface area contributed by atoms with Crippen LogP contribution >= 0.6 is 0 Å². The molecule has 0 saturated carbocycles. The number of carbonyl (C=O) groups is 2. The van der Waals surface area contributed by atoms with Gasteiger partial charge in [-0.2, -0.15) is 0 Å². The molecule has 1 fully saturated rings. The molecule has 4 rings (SSSR count). The fourth-order valence-electron chi connectivity index (χ4n) is 4.06. The molecule has 8 heteroatoms. The number of phenolic OH excluding ortho intramolecular Hbond substituents is 1. The summed E-state index contributed by atoms with van der Waals surface area (Å²) in [6, 6.07) is 15.6. The van der Waals surface area contributed by atoms with Crippen molar-refractivity contribution >= 4 is 28.8 Å². The molecule has 1 aliphatic rings. The van der Waals surface area contributed by atoms with E-state index in [4.69, 9.17) is 4.74 Å². The van der Waals surface area contributed by atoms with E-state index in [1.54, 1.807) is 25.1 Å². The number of hydrogen-bond donors (Lipinski definition) is 2. The molecule has 1 unspecified atom stereocenters. The summed E-state index contributed by atoms with van der Waals surface area (Å²) < 4.78 is 19.0. The molecule has 0 radical (unpaired) electrons. The topological polar surface area (TPSA) is 90.3 Å². The zero-order chi connectivity index (χ0) is 25.3. The fourth-order valence-corrected chi connectivity index (χ4v) is 4.06. The van der Waals surface area contributed by atoms with E-state index in [0.717, 1.165) is 17.8 Å². The largest absolute Gasteiger partial charge is 0.507 e. The highest BCUT2D eigenvalue weighted by molar-refractivity contribution is 6.51. The van der Waals surface area contributed by atoms with Gasteiger partial charge in [0, 0.05) is 31.0 Å². The number of carbonyl (C=O) groups excluding carboxylic acids is 2. The van der Waals surface area contributed by atoms with Crippen molar-refractivity contribution < 1.29 is 28.9 Å². The van der Waals surface area contributed by atoms with Gasteiger partial charge in [0.25, 0.3) is 11.7 Å². The fraction of sp³-hybridized carbons (Fsp3) is 0.185. The first kappa shape index (κ1) is 23.8. The summed E-state index contributed by atoms with van der Waals surface area (Å²) in [5.41, 5.74) is 1.85. The molecular formula is C27H25FN2O5. The van der Waals surface area contributed by atoms with Crippen LogP contribution in [0.2, 0.25) is 0 Å². The SMILES string of the molecule is CCOc1cc(C2/C(=C(/O)c3ccc(F)cc3)C(=O)C(=O)N2c2ccc(N(C)C)cc2)ccc1O. The van der Waals surface area contributed by atoms with E-state index < -0.39 is 29.3 Å². The van der Waals surface area contributed by atoms with Crippen molar-refractivity contribution in [2.45, 2.75) is 13.0 Å². The molecule has 0 aromatic heterocycles. The number of rotatable bonds is 6. The van der Waals surface area contributed by atoms with Crippen LogP contribution in [0.1, 0.15) is 24.1 Å². The quantitative estimate of drug-likeness (QED) is 0.307. The van der Waals surface area contributed by atoms with Gasteiger partial charge in [-0.25, -0.2) is 4.39 Å². The zero-order valence-electron chi connectivity index (χ0n) is 19.5. The van der Waals surface area contributed by atoms with Crippen LogP contribution in [0.25, 0.3) is 5.76 Å². The van der Waals surface area contributed by atoms with Gasteiger partial charge in [0.1, 0.15) is 11.6 Å². The number of benzene rings is 3. The standard InChI is InChI=1S/C27H25FN2O5/c1-4-35-22-15-17(7-14-21(22)31)24-23(25(32)16-5-8-18(28)9-6-16)26(33)27(34)30(24)20-12-10-19(11-13-20)29(2)3/h5-15,24,31-32H,4H2,1-3H3/b25-23-. The Hall–Kier alpha value is -4.33. The van der Waals surface area contributed by atoms with Crippen LogP contribution in [-0.2, 0) is 9.59 Å². The van der Waals surface area contributed by atoms with Gasteiger partial charge in [0.2, 0.25) is 0 Å². The molecule has 0 bridgehead atoms. The van der Waals surface area contributed by atoms with Gasteiger partial charge in [-0.05, 0) is 73.2 Å². The van der Waals surface area contributed by atoms with Crippen molar-refractivity contribution in [3.05, 3.63) is 89.2 Å². The van der Waals surface area contributed by atoms with E-state index in [9.17, 15) is 24.2 Å². The van der Waals surface area contributed by atoms with E-state index in [0.29, 0.717) is 17.9 Å². The minimum Gasteiger partial charge on any atom is -0.507 e. The summed E-state index contributed by atoms with van der Waals surface area (Å²) in [7, 11) is 3.77. The summed E-state index contributed by atoms with van der Waals surface area (Å²) in [6.45, 7) is 2.05. The highest BCUT2D eigenvalue weighted by atomic mass is 19.1. The van der Waals surface area contributed by atoms with Crippen LogP contribution in [0.4, 0.5) is 15.8 Å². The van der Waals surface area contributed by atoms with Gasteiger partial charge >= 0.3 is 0 Å². The monoisotopic (exact) mass is 476 g/mol. The lowest BCUT2D eigenvalue weighted by molar-refractivity contribution is -0.132. The molecule has 1 amide bonds. The molecule has 3 aromatic carbocycles. The first-order valence-corrected chi connectivity index (χ1v) is 11.0. The number of hydrogen-bond acceptors (Lipinski definition) is 6. The van der Waals surface area contributed by atoms with Gasteiger partial charge in [0.05, 0.1) is 18.2 Å². The molecule has 1 aliphatic heterocycles. The molecule has 3 aromatic rings. The molecule has 0 spiro atoms. The van der Waals surface area contributed by atoms with Gasteiger partial charge in [-0.1, -0.05) is 6.07 Å². The van der Waals surface area contributed by atoms with Crippen LogP contribution in [-0.4, -0.2) is 42.6 Å².